The molecular weight excluding hydrogens is 352 g/mol. The number of amides is 1. The Balaban J connectivity index is 1.54. The molecule has 0 fully saturated rings. The first-order chi connectivity index (χ1) is 13.7. The Labute approximate surface area is 162 Å². The van der Waals surface area contributed by atoms with Crippen LogP contribution in [0.3, 0.4) is 0 Å². The topological polar surface area (TPSA) is 69.0 Å². The molecule has 0 saturated carbocycles. The lowest BCUT2D eigenvalue weighted by molar-refractivity contribution is 0.0950. The van der Waals surface area contributed by atoms with E-state index in [1.165, 1.54) is 0 Å². The van der Waals surface area contributed by atoms with Gasteiger partial charge in [0.1, 0.15) is 5.75 Å². The van der Waals surface area contributed by atoms with Gasteiger partial charge in [0.05, 0.1) is 37.6 Å². The lowest BCUT2D eigenvalue weighted by Gasteiger charge is -2.08. The molecule has 0 spiro atoms. The van der Waals surface area contributed by atoms with Crippen LogP contribution in [0.15, 0.2) is 73.1 Å². The molecule has 0 unspecified atom stereocenters. The predicted octanol–water partition coefficient (Wildman–Crippen LogP) is 3.42. The van der Waals surface area contributed by atoms with Gasteiger partial charge in [0.2, 0.25) is 0 Å². The van der Waals surface area contributed by atoms with E-state index in [1.54, 1.807) is 13.3 Å². The van der Waals surface area contributed by atoms with Gasteiger partial charge in [-0.2, -0.15) is 5.10 Å². The number of hydrogen-bond donors (Lipinski definition) is 1. The largest absolute Gasteiger partial charge is 0.497 e. The van der Waals surface area contributed by atoms with Crippen molar-refractivity contribution in [2.24, 2.45) is 0 Å². The molecule has 2 aromatic heterocycles. The van der Waals surface area contributed by atoms with E-state index < -0.39 is 0 Å². The molecule has 1 N–H and O–H groups in total. The SMILES string of the molecule is COc1cccc(Cn2ncc3ccc(C(=O)NCc4ccccn4)cc32)c1. The van der Waals surface area contributed by atoms with Gasteiger partial charge >= 0.3 is 0 Å². The molecule has 4 rings (SSSR count). The maximum atomic E-state index is 12.6. The first kappa shape index (κ1) is 17.7. The standard InChI is InChI=1S/C22H20N4O2/c1-28-20-7-4-5-16(11-20)15-26-21-12-17(8-9-18(21)13-25-26)22(27)24-14-19-6-2-3-10-23-19/h2-13H,14-15H2,1H3,(H,24,27). The minimum atomic E-state index is -0.137. The van der Waals surface area contributed by atoms with Gasteiger partial charge in [0.25, 0.3) is 5.91 Å². The second-order valence-corrected chi connectivity index (χ2v) is 6.43. The molecule has 0 radical (unpaired) electrons. The van der Waals surface area contributed by atoms with E-state index in [-0.39, 0.29) is 5.91 Å². The summed E-state index contributed by atoms with van der Waals surface area (Å²) in [7, 11) is 1.65. The number of pyridine rings is 1. The molecule has 2 heterocycles. The molecule has 6 nitrogen and oxygen atoms in total. The van der Waals surface area contributed by atoms with Crippen LogP contribution in [-0.4, -0.2) is 27.8 Å². The van der Waals surface area contributed by atoms with Crippen LogP contribution in [0.5, 0.6) is 5.75 Å². The van der Waals surface area contributed by atoms with Gasteiger partial charge in [0, 0.05) is 17.1 Å². The fourth-order valence-corrected chi connectivity index (χ4v) is 3.06. The number of hydrogen-bond acceptors (Lipinski definition) is 4. The molecule has 4 aromatic rings. The highest BCUT2D eigenvalue weighted by molar-refractivity contribution is 5.97. The lowest BCUT2D eigenvalue weighted by atomic mass is 10.1. The average molecular weight is 372 g/mol. The van der Waals surface area contributed by atoms with Crippen molar-refractivity contribution in [1.29, 1.82) is 0 Å². The first-order valence-electron chi connectivity index (χ1n) is 8.99. The van der Waals surface area contributed by atoms with E-state index in [0.717, 1.165) is 27.9 Å². The molecule has 0 aliphatic heterocycles. The average Bonchev–Trinajstić information content (AvgIpc) is 3.15. The summed E-state index contributed by atoms with van der Waals surface area (Å²) >= 11 is 0. The smallest absolute Gasteiger partial charge is 0.251 e. The third kappa shape index (κ3) is 3.86. The molecular formula is C22H20N4O2. The van der Waals surface area contributed by atoms with E-state index in [4.69, 9.17) is 4.74 Å². The third-order valence-corrected chi connectivity index (χ3v) is 4.53. The molecule has 0 aliphatic rings. The minimum absolute atomic E-state index is 0.137. The number of benzene rings is 2. The normalized spacial score (nSPS) is 10.8. The van der Waals surface area contributed by atoms with Crippen molar-refractivity contribution in [2.45, 2.75) is 13.1 Å². The molecule has 140 valence electrons. The molecule has 28 heavy (non-hydrogen) atoms. The Morgan fingerprint density at radius 1 is 1.11 bits per heavy atom. The second kappa shape index (κ2) is 7.92. The van der Waals surface area contributed by atoms with Gasteiger partial charge in [0.15, 0.2) is 0 Å². The van der Waals surface area contributed by atoms with Crippen LogP contribution in [0.2, 0.25) is 0 Å². The van der Waals surface area contributed by atoms with Crippen LogP contribution in [0, 0.1) is 0 Å². The number of aromatic nitrogens is 3. The summed E-state index contributed by atoms with van der Waals surface area (Å²) in [6.07, 6.45) is 3.52. The zero-order valence-corrected chi connectivity index (χ0v) is 15.5. The molecule has 6 heteroatoms. The van der Waals surface area contributed by atoms with Crippen molar-refractivity contribution in [3.63, 3.8) is 0 Å². The van der Waals surface area contributed by atoms with Gasteiger partial charge in [-0.1, -0.05) is 24.3 Å². The van der Waals surface area contributed by atoms with Crippen molar-refractivity contribution in [1.82, 2.24) is 20.1 Å². The van der Waals surface area contributed by atoms with Gasteiger partial charge in [-0.3, -0.25) is 14.5 Å². The Kier molecular flexibility index (Phi) is 5.01. The molecule has 0 atom stereocenters. The van der Waals surface area contributed by atoms with Crippen molar-refractivity contribution in [3.8, 4) is 5.75 Å². The zero-order chi connectivity index (χ0) is 19.3. The summed E-state index contributed by atoms with van der Waals surface area (Å²) in [6, 6.07) is 19.1. The van der Waals surface area contributed by atoms with E-state index >= 15 is 0 Å². The van der Waals surface area contributed by atoms with Gasteiger partial charge in [-0.25, -0.2) is 0 Å². The quantitative estimate of drug-likeness (QED) is 0.563. The van der Waals surface area contributed by atoms with Crippen LogP contribution < -0.4 is 10.1 Å². The first-order valence-corrected chi connectivity index (χ1v) is 8.99. The summed E-state index contributed by atoms with van der Waals surface area (Å²) in [4.78, 5) is 16.8. The van der Waals surface area contributed by atoms with E-state index in [0.29, 0.717) is 18.7 Å². The number of fused-ring (bicyclic) bond motifs is 1. The summed E-state index contributed by atoms with van der Waals surface area (Å²) in [6.45, 7) is 0.987. The molecule has 2 aromatic carbocycles. The zero-order valence-electron chi connectivity index (χ0n) is 15.5. The van der Waals surface area contributed by atoms with Crippen molar-refractivity contribution < 1.29 is 9.53 Å². The lowest BCUT2D eigenvalue weighted by Crippen LogP contribution is -2.23. The third-order valence-electron chi connectivity index (χ3n) is 4.53. The number of nitrogens with zero attached hydrogens (tertiary/aromatic N) is 3. The highest BCUT2D eigenvalue weighted by atomic mass is 16.5. The highest BCUT2D eigenvalue weighted by Gasteiger charge is 2.10. The van der Waals surface area contributed by atoms with Crippen LogP contribution in [0.4, 0.5) is 0 Å². The van der Waals surface area contributed by atoms with E-state index in [9.17, 15) is 4.79 Å². The Hall–Kier alpha value is -3.67. The number of carbonyl (C=O) groups is 1. The predicted molar refractivity (Wildman–Crippen MR) is 107 cm³/mol. The summed E-state index contributed by atoms with van der Waals surface area (Å²) < 4.78 is 7.18. The van der Waals surface area contributed by atoms with E-state index in [2.05, 4.69) is 15.4 Å². The monoisotopic (exact) mass is 372 g/mol. The van der Waals surface area contributed by atoms with E-state index in [1.807, 2.05) is 71.5 Å². The Morgan fingerprint density at radius 3 is 2.86 bits per heavy atom. The fraction of sp³-hybridized carbons (Fsp3) is 0.136. The van der Waals surface area contributed by atoms with Crippen molar-refractivity contribution in [3.05, 3.63) is 89.9 Å². The molecule has 1 amide bonds. The number of nitrogens with one attached hydrogen (secondary N) is 1. The van der Waals surface area contributed by atoms with Gasteiger partial charge in [-0.05, 0) is 42.0 Å². The number of ether oxygens (including phenoxy) is 1. The van der Waals surface area contributed by atoms with Crippen molar-refractivity contribution >= 4 is 16.8 Å². The van der Waals surface area contributed by atoms with Crippen LogP contribution in [0.1, 0.15) is 21.6 Å². The summed E-state index contributed by atoms with van der Waals surface area (Å²) in [5, 5.41) is 8.37. The minimum Gasteiger partial charge on any atom is -0.497 e. The second-order valence-electron chi connectivity index (χ2n) is 6.43. The van der Waals surface area contributed by atoms with Gasteiger partial charge in [-0.15, -0.1) is 0 Å². The molecule has 0 saturated heterocycles. The van der Waals surface area contributed by atoms with Crippen LogP contribution in [0.25, 0.3) is 10.9 Å². The van der Waals surface area contributed by atoms with Crippen LogP contribution >= 0.6 is 0 Å². The summed E-state index contributed by atoms with van der Waals surface area (Å²) in [5.41, 5.74) is 3.40. The highest BCUT2D eigenvalue weighted by Crippen LogP contribution is 2.19. The van der Waals surface area contributed by atoms with Crippen molar-refractivity contribution in [2.75, 3.05) is 7.11 Å². The number of carbonyl (C=O) groups excluding carboxylic acids is 1. The number of rotatable bonds is 6. The Morgan fingerprint density at radius 2 is 2.04 bits per heavy atom. The maximum Gasteiger partial charge on any atom is 0.251 e. The molecule has 0 aliphatic carbocycles. The van der Waals surface area contributed by atoms with Gasteiger partial charge < -0.3 is 10.1 Å². The maximum absolute atomic E-state index is 12.6. The van der Waals surface area contributed by atoms with Crippen LogP contribution in [-0.2, 0) is 13.1 Å². The Bertz CT molecular complexity index is 1110. The fourth-order valence-electron chi connectivity index (χ4n) is 3.06. The number of methoxy groups -OCH3 is 1. The summed E-state index contributed by atoms with van der Waals surface area (Å²) in [5.74, 6) is 0.672. The molecule has 0 bridgehead atoms.